The van der Waals surface area contributed by atoms with Gasteiger partial charge in [-0.15, -0.1) is 0 Å². The lowest BCUT2D eigenvalue weighted by atomic mass is 10.1. The van der Waals surface area contributed by atoms with Crippen molar-refractivity contribution < 1.29 is 8.42 Å². The van der Waals surface area contributed by atoms with Gasteiger partial charge in [0.2, 0.25) is 10.0 Å². The van der Waals surface area contributed by atoms with Crippen molar-refractivity contribution in [2.24, 2.45) is 0 Å². The molecule has 1 aromatic rings. The predicted octanol–water partition coefficient (Wildman–Crippen LogP) is 1.32. The topological polar surface area (TPSA) is 84.2 Å². The fraction of sp³-hybridized carbons (Fsp3) is 0.500. The molecule has 0 aliphatic carbocycles. The standard InChI is InChI=1S/C12H21N3O2S/c1-9-6-5-7-10(11(9)13)14-8-12(2,3)15-18(4,16)17/h5-7,14-15H,8,13H2,1-4H3. The summed E-state index contributed by atoms with van der Waals surface area (Å²) in [5, 5.41) is 3.16. The summed E-state index contributed by atoms with van der Waals surface area (Å²) in [6.07, 6.45) is 1.15. The first kappa shape index (κ1) is 14.8. The minimum Gasteiger partial charge on any atom is -0.397 e. The molecule has 0 radical (unpaired) electrons. The Labute approximate surface area is 109 Å². The van der Waals surface area contributed by atoms with Gasteiger partial charge in [0.05, 0.1) is 17.6 Å². The van der Waals surface area contributed by atoms with Gasteiger partial charge in [0.15, 0.2) is 0 Å². The second-order valence-corrected chi connectivity index (χ2v) is 6.90. The van der Waals surface area contributed by atoms with Crippen LogP contribution in [-0.2, 0) is 10.0 Å². The number of para-hydroxylation sites is 1. The number of anilines is 2. The van der Waals surface area contributed by atoms with Crippen LogP contribution in [-0.4, -0.2) is 26.8 Å². The molecule has 1 rings (SSSR count). The average Bonchev–Trinajstić information content (AvgIpc) is 2.17. The molecule has 0 unspecified atom stereocenters. The summed E-state index contributed by atoms with van der Waals surface area (Å²) in [7, 11) is -3.23. The van der Waals surface area contributed by atoms with Crippen molar-refractivity contribution in [3.05, 3.63) is 23.8 Å². The highest BCUT2D eigenvalue weighted by Crippen LogP contribution is 2.22. The lowest BCUT2D eigenvalue weighted by Gasteiger charge is -2.26. The number of hydrogen-bond acceptors (Lipinski definition) is 4. The smallest absolute Gasteiger partial charge is 0.209 e. The monoisotopic (exact) mass is 271 g/mol. The van der Waals surface area contributed by atoms with Crippen molar-refractivity contribution in [3.8, 4) is 0 Å². The zero-order chi connectivity index (χ0) is 14.0. The number of rotatable bonds is 5. The van der Waals surface area contributed by atoms with E-state index in [0.717, 1.165) is 17.5 Å². The summed E-state index contributed by atoms with van der Waals surface area (Å²) >= 11 is 0. The molecule has 5 nitrogen and oxygen atoms in total. The number of nitrogens with one attached hydrogen (secondary N) is 2. The van der Waals surface area contributed by atoms with E-state index in [2.05, 4.69) is 10.0 Å². The van der Waals surface area contributed by atoms with Gasteiger partial charge in [-0.05, 0) is 32.4 Å². The molecule has 102 valence electrons. The van der Waals surface area contributed by atoms with Crippen LogP contribution in [0.5, 0.6) is 0 Å². The summed E-state index contributed by atoms with van der Waals surface area (Å²) in [6, 6.07) is 5.71. The highest BCUT2D eigenvalue weighted by Gasteiger charge is 2.22. The fourth-order valence-electron chi connectivity index (χ4n) is 1.69. The molecule has 1 aromatic carbocycles. The Hall–Kier alpha value is -1.27. The van der Waals surface area contributed by atoms with Gasteiger partial charge < -0.3 is 11.1 Å². The van der Waals surface area contributed by atoms with Crippen LogP contribution in [0.2, 0.25) is 0 Å². The van der Waals surface area contributed by atoms with Crippen LogP contribution < -0.4 is 15.8 Å². The Morgan fingerprint density at radius 3 is 2.50 bits per heavy atom. The maximum Gasteiger partial charge on any atom is 0.209 e. The Bertz CT molecular complexity index is 524. The minimum atomic E-state index is -3.23. The molecule has 0 fully saturated rings. The van der Waals surface area contributed by atoms with Crippen LogP contribution in [0.1, 0.15) is 19.4 Å². The van der Waals surface area contributed by atoms with Gasteiger partial charge in [-0.25, -0.2) is 13.1 Å². The van der Waals surface area contributed by atoms with E-state index in [1.54, 1.807) is 0 Å². The number of nitrogens with two attached hydrogens (primary N) is 1. The van der Waals surface area contributed by atoms with Crippen LogP contribution in [0, 0.1) is 6.92 Å². The van der Waals surface area contributed by atoms with E-state index in [4.69, 9.17) is 5.73 Å². The number of benzene rings is 1. The third-order valence-corrected chi connectivity index (χ3v) is 3.43. The molecule has 0 saturated carbocycles. The van der Waals surface area contributed by atoms with Crippen LogP contribution in [0.25, 0.3) is 0 Å². The molecule has 18 heavy (non-hydrogen) atoms. The van der Waals surface area contributed by atoms with Crippen molar-refractivity contribution >= 4 is 21.4 Å². The summed E-state index contributed by atoms with van der Waals surface area (Å²) in [4.78, 5) is 0. The van der Waals surface area contributed by atoms with Crippen molar-refractivity contribution in [2.45, 2.75) is 26.3 Å². The molecule has 0 aromatic heterocycles. The van der Waals surface area contributed by atoms with Crippen LogP contribution in [0.3, 0.4) is 0 Å². The number of sulfonamides is 1. The minimum absolute atomic E-state index is 0.452. The quantitative estimate of drug-likeness (QED) is 0.705. The second-order valence-electron chi connectivity index (χ2n) is 5.15. The molecule has 0 amide bonds. The lowest BCUT2D eigenvalue weighted by molar-refractivity contribution is 0.476. The largest absolute Gasteiger partial charge is 0.397 e. The van der Waals surface area contributed by atoms with Crippen molar-refractivity contribution in [3.63, 3.8) is 0 Å². The summed E-state index contributed by atoms with van der Waals surface area (Å²) < 4.78 is 25.0. The van der Waals surface area contributed by atoms with E-state index >= 15 is 0 Å². The van der Waals surface area contributed by atoms with Gasteiger partial charge in [-0.2, -0.15) is 0 Å². The Kier molecular flexibility index (Phi) is 4.24. The Balaban J connectivity index is 2.73. The van der Waals surface area contributed by atoms with Crippen LogP contribution >= 0.6 is 0 Å². The molecule has 0 bridgehead atoms. The molecule has 6 heteroatoms. The van der Waals surface area contributed by atoms with E-state index in [9.17, 15) is 8.42 Å². The number of hydrogen-bond donors (Lipinski definition) is 3. The Morgan fingerprint density at radius 2 is 1.94 bits per heavy atom. The number of nitrogen functional groups attached to an aromatic ring is 1. The predicted molar refractivity (Wildman–Crippen MR) is 76.1 cm³/mol. The first-order valence-corrected chi connectivity index (χ1v) is 7.58. The van der Waals surface area contributed by atoms with Crippen LogP contribution in [0.4, 0.5) is 11.4 Å². The summed E-state index contributed by atoms with van der Waals surface area (Å²) in [6.45, 7) is 6.01. The van der Waals surface area contributed by atoms with Gasteiger partial charge in [-0.1, -0.05) is 12.1 Å². The van der Waals surface area contributed by atoms with Gasteiger partial charge in [0.25, 0.3) is 0 Å². The highest BCUT2D eigenvalue weighted by molar-refractivity contribution is 7.88. The van der Waals surface area contributed by atoms with Crippen molar-refractivity contribution in [2.75, 3.05) is 23.9 Å². The van der Waals surface area contributed by atoms with E-state index in [-0.39, 0.29) is 0 Å². The van der Waals surface area contributed by atoms with E-state index in [0.29, 0.717) is 12.2 Å². The molecule has 0 spiro atoms. The van der Waals surface area contributed by atoms with Gasteiger partial charge in [0, 0.05) is 12.1 Å². The van der Waals surface area contributed by atoms with E-state index < -0.39 is 15.6 Å². The van der Waals surface area contributed by atoms with Crippen molar-refractivity contribution in [1.82, 2.24) is 4.72 Å². The Morgan fingerprint density at radius 1 is 1.33 bits per heavy atom. The zero-order valence-corrected chi connectivity index (χ0v) is 12.1. The molecule has 0 atom stereocenters. The normalized spacial score (nSPS) is 12.4. The first-order valence-electron chi connectivity index (χ1n) is 5.69. The zero-order valence-electron chi connectivity index (χ0n) is 11.2. The lowest BCUT2D eigenvalue weighted by Crippen LogP contribution is -2.47. The second kappa shape index (κ2) is 5.16. The molecule has 0 saturated heterocycles. The first-order chi connectivity index (χ1) is 8.11. The maximum absolute atomic E-state index is 11.2. The van der Waals surface area contributed by atoms with E-state index in [1.807, 2.05) is 39.0 Å². The molecular formula is C12H21N3O2S. The highest BCUT2D eigenvalue weighted by atomic mass is 32.2. The summed E-state index contributed by atoms with van der Waals surface area (Å²) in [5.41, 5.74) is 7.86. The maximum atomic E-state index is 11.2. The van der Waals surface area contributed by atoms with Gasteiger partial charge in [-0.3, -0.25) is 0 Å². The number of aryl methyl sites for hydroxylation is 1. The molecule has 0 aliphatic heterocycles. The third-order valence-electron chi connectivity index (χ3n) is 2.51. The molecule has 0 aliphatic rings. The van der Waals surface area contributed by atoms with Crippen molar-refractivity contribution in [1.29, 1.82) is 0 Å². The van der Waals surface area contributed by atoms with E-state index in [1.165, 1.54) is 0 Å². The SMILES string of the molecule is Cc1cccc(NCC(C)(C)NS(C)(=O)=O)c1N. The average molecular weight is 271 g/mol. The molecule has 0 heterocycles. The fourth-order valence-corrected chi connectivity index (χ4v) is 2.76. The van der Waals surface area contributed by atoms with Gasteiger partial charge in [0.1, 0.15) is 0 Å². The summed E-state index contributed by atoms with van der Waals surface area (Å²) in [5.74, 6) is 0. The molecule has 4 N–H and O–H groups in total. The molecular weight excluding hydrogens is 250 g/mol. The van der Waals surface area contributed by atoms with Gasteiger partial charge >= 0.3 is 0 Å². The van der Waals surface area contributed by atoms with Crippen LogP contribution in [0.15, 0.2) is 18.2 Å². The third kappa shape index (κ3) is 4.54.